The maximum atomic E-state index is 10.8. The molecule has 3 aromatic carbocycles. The van der Waals surface area contributed by atoms with E-state index in [0.29, 0.717) is 35.8 Å². The van der Waals surface area contributed by atoms with Gasteiger partial charge in [-0.3, -0.25) is 4.90 Å². The van der Waals surface area contributed by atoms with Gasteiger partial charge in [-0.25, -0.2) is 0 Å². The number of piperazine rings is 1. The molecule has 0 spiro atoms. The molecule has 4 rings (SSSR count). The Morgan fingerprint density at radius 3 is 2.39 bits per heavy atom. The molecule has 3 aromatic rings. The molecule has 0 amide bonds. The Kier molecular flexibility index (Phi) is 7.33. The van der Waals surface area contributed by atoms with Crippen LogP contribution < -0.4 is 4.90 Å². The number of halogens is 2. The molecule has 1 heterocycles. The summed E-state index contributed by atoms with van der Waals surface area (Å²) < 4.78 is 0.870. The minimum absolute atomic E-state index is 0.00235. The van der Waals surface area contributed by atoms with Gasteiger partial charge in [0.15, 0.2) is 0 Å². The van der Waals surface area contributed by atoms with Crippen LogP contribution in [0.2, 0.25) is 5.02 Å². The summed E-state index contributed by atoms with van der Waals surface area (Å²) in [5.41, 5.74) is 3.98. The minimum atomic E-state index is -0.655. The van der Waals surface area contributed by atoms with Crippen LogP contribution >= 0.6 is 27.5 Å². The zero-order chi connectivity index (χ0) is 23.4. The van der Waals surface area contributed by atoms with Crippen molar-refractivity contribution in [1.29, 1.82) is 10.5 Å². The Bertz CT molecular complexity index is 1200. The SMILES string of the molecule is N#Cc1ccc([C@H](O)CN2CCN(c3ccc(Br)cc3C#N)[C@H](c3ccc(Cl)cc3)C2)cc1. The molecule has 0 saturated carbocycles. The smallest absolute Gasteiger partial charge is 0.101 e. The third-order valence-corrected chi connectivity index (χ3v) is 6.71. The molecule has 0 radical (unpaired) electrons. The predicted molar refractivity (Wildman–Crippen MR) is 133 cm³/mol. The van der Waals surface area contributed by atoms with Crippen LogP contribution in [-0.2, 0) is 0 Å². The normalized spacial score (nSPS) is 17.2. The van der Waals surface area contributed by atoms with E-state index in [4.69, 9.17) is 16.9 Å². The largest absolute Gasteiger partial charge is 0.387 e. The molecule has 0 aromatic heterocycles. The van der Waals surface area contributed by atoms with Gasteiger partial charge in [0.2, 0.25) is 0 Å². The minimum Gasteiger partial charge on any atom is -0.387 e. The topological polar surface area (TPSA) is 74.3 Å². The summed E-state index contributed by atoms with van der Waals surface area (Å²) in [4.78, 5) is 4.50. The van der Waals surface area contributed by atoms with Gasteiger partial charge >= 0.3 is 0 Å². The van der Waals surface area contributed by atoms with Crippen molar-refractivity contribution >= 4 is 33.2 Å². The van der Waals surface area contributed by atoms with Crippen LogP contribution in [0.25, 0.3) is 0 Å². The molecule has 33 heavy (non-hydrogen) atoms. The number of hydrogen-bond donors (Lipinski definition) is 1. The number of rotatable bonds is 5. The average Bonchev–Trinajstić information content (AvgIpc) is 2.84. The Balaban J connectivity index is 1.59. The summed E-state index contributed by atoms with van der Waals surface area (Å²) in [5.74, 6) is 0. The highest BCUT2D eigenvalue weighted by Crippen LogP contribution is 2.35. The molecule has 5 nitrogen and oxygen atoms in total. The first-order valence-corrected chi connectivity index (χ1v) is 11.8. The van der Waals surface area contributed by atoms with Crippen molar-refractivity contribution in [3.63, 3.8) is 0 Å². The lowest BCUT2D eigenvalue weighted by molar-refractivity contribution is 0.100. The lowest BCUT2D eigenvalue weighted by Gasteiger charge is -2.44. The number of aliphatic hydroxyl groups is 1. The number of anilines is 1. The number of nitrogens with zero attached hydrogens (tertiary/aromatic N) is 4. The van der Waals surface area contributed by atoms with Crippen LogP contribution in [0.3, 0.4) is 0 Å². The number of hydrogen-bond acceptors (Lipinski definition) is 5. The van der Waals surface area contributed by atoms with Gasteiger partial charge in [-0.2, -0.15) is 10.5 Å². The zero-order valence-corrected chi connectivity index (χ0v) is 20.2. The van der Waals surface area contributed by atoms with Crippen LogP contribution in [0.4, 0.5) is 5.69 Å². The maximum absolute atomic E-state index is 10.8. The summed E-state index contributed by atoms with van der Waals surface area (Å²) in [7, 11) is 0. The van der Waals surface area contributed by atoms with Crippen molar-refractivity contribution in [2.24, 2.45) is 0 Å². The number of aliphatic hydroxyl groups excluding tert-OH is 1. The van der Waals surface area contributed by atoms with Crippen molar-refractivity contribution in [3.8, 4) is 12.1 Å². The Morgan fingerprint density at radius 2 is 1.73 bits per heavy atom. The third-order valence-electron chi connectivity index (χ3n) is 5.96. The standard InChI is InChI=1S/C26H22BrClN4O/c27-22-7-10-24(21(13-22)15-30)32-12-11-31(16-25(32)19-5-8-23(28)9-6-19)17-26(33)20-3-1-18(14-29)2-4-20/h1-10,13,25-26,33H,11-12,16-17H2/t25-,26+/m0/s1. The monoisotopic (exact) mass is 520 g/mol. The summed E-state index contributed by atoms with van der Waals surface area (Å²) in [5, 5.41) is 30.2. The van der Waals surface area contributed by atoms with Gasteiger partial charge < -0.3 is 10.0 Å². The Labute approximate surface area is 207 Å². The van der Waals surface area contributed by atoms with Crippen molar-refractivity contribution in [1.82, 2.24) is 4.90 Å². The van der Waals surface area contributed by atoms with Gasteiger partial charge in [-0.15, -0.1) is 0 Å². The van der Waals surface area contributed by atoms with Crippen LogP contribution in [0, 0.1) is 22.7 Å². The van der Waals surface area contributed by atoms with E-state index in [0.717, 1.165) is 27.8 Å². The Morgan fingerprint density at radius 1 is 1.00 bits per heavy atom. The lowest BCUT2D eigenvalue weighted by Crippen LogP contribution is -2.49. The third kappa shape index (κ3) is 5.38. The number of benzene rings is 3. The zero-order valence-electron chi connectivity index (χ0n) is 17.8. The van der Waals surface area contributed by atoms with Crippen molar-refractivity contribution in [2.75, 3.05) is 31.1 Å². The molecule has 7 heteroatoms. The van der Waals surface area contributed by atoms with Crippen molar-refractivity contribution in [2.45, 2.75) is 12.1 Å². The fraction of sp³-hybridized carbons (Fsp3) is 0.231. The van der Waals surface area contributed by atoms with Crippen LogP contribution in [0.5, 0.6) is 0 Å². The second-order valence-corrected chi connectivity index (χ2v) is 9.40. The van der Waals surface area contributed by atoms with E-state index in [1.54, 1.807) is 24.3 Å². The van der Waals surface area contributed by atoms with E-state index >= 15 is 0 Å². The molecule has 0 bridgehead atoms. The summed E-state index contributed by atoms with van der Waals surface area (Å²) in [6.07, 6.45) is -0.655. The second-order valence-electron chi connectivity index (χ2n) is 8.04. The highest BCUT2D eigenvalue weighted by atomic mass is 79.9. The van der Waals surface area contributed by atoms with E-state index < -0.39 is 6.10 Å². The summed E-state index contributed by atoms with van der Waals surface area (Å²) in [6.45, 7) is 2.63. The first-order chi connectivity index (χ1) is 16.0. The van der Waals surface area contributed by atoms with Gasteiger partial charge in [0.05, 0.1) is 35.0 Å². The van der Waals surface area contributed by atoms with Gasteiger partial charge in [0.1, 0.15) is 6.07 Å². The van der Waals surface area contributed by atoms with Gasteiger partial charge in [0.25, 0.3) is 0 Å². The molecule has 0 aliphatic carbocycles. The van der Waals surface area contributed by atoms with E-state index in [2.05, 4.69) is 37.9 Å². The van der Waals surface area contributed by atoms with Gasteiger partial charge in [-0.1, -0.05) is 51.8 Å². The van der Waals surface area contributed by atoms with Crippen molar-refractivity contribution in [3.05, 3.63) is 98.5 Å². The van der Waals surface area contributed by atoms with E-state index in [-0.39, 0.29) is 6.04 Å². The fourth-order valence-corrected chi connectivity index (χ4v) is 4.73. The van der Waals surface area contributed by atoms with Gasteiger partial charge in [0, 0.05) is 35.7 Å². The quantitative estimate of drug-likeness (QED) is 0.484. The van der Waals surface area contributed by atoms with Crippen LogP contribution in [0.1, 0.15) is 34.4 Å². The molecule has 1 aliphatic rings. The molecule has 166 valence electrons. The molecular formula is C26H22BrClN4O. The molecular weight excluding hydrogens is 500 g/mol. The first-order valence-electron chi connectivity index (χ1n) is 10.6. The number of nitriles is 2. The second kappa shape index (κ2) is 10.4. The number of β-amino-alcohol motifs (C(OH)–C–C–N with tert-alkyl or cyclic N) is 1. The van der Waals surface area contributed by atoms with Crippen molar-refractivity contribution < 1.29 is 5.11 Å². The fourth-order valence-electron chi connectivity index (χ4n) is 4.24. The first kappa shape index (κ1) is 23.3. The molecule has 2 atom stereocenters. The van der Waals surface area contributed by atoms with Crippen LogP contribution in [0.15, 0.2) is 71.2 Å². The summed E-state index contributed by atoms with van der Waals surface area (Å²) >= 11 is 9.59. The molecule has 1 saturated heterocycles. The average molecular weight is 522 g/mol. The molecule has 1 fully saturated rings. The molecule has 1 N–H and O–H groups in total. The van der Waals surface area contributed by atoms with E-state index in [1.807, 2.05) is 42.5 Å². The Hall–Kier alpha value is -2.87. The molecule has 1 aliphatic heterocycles. The van der Waals surface area contributed by atoms with E-state index in [1.165, 1.54) is 0 Å². The highest BCUT2D eigenvalue weighted by molar-refractivity contribution is 9.10. The predicted octanol–water partition coefficient (Wildman–Crippen LogP) is 5.44. The highest BCUT2D eigenvalue weighted by Gasteiger charge is 2.31. The van der Waals surface area contributed by atoms with Crippen LogP contribution in [-0.4, -0.2) is 36.2 Å². The lowest BCUT2D eigenvalue weighted by atomic mass is 9.99. The van der Waals surface area contributed by atoms with E-state index in [9.17, 15) is 10.4 Å². The summed E-state index contributed by atoms with van der Waals surface area (Å²) in [6, 6.07) is 25.1. The molecule has 0 unspecified atom stereocenters. The maximum Gasteiger partial charge on any atom is 0.101 e. The van der Waals surface area contributed by atoms with Gasteiger partial charge in [-0.05, 0) is 53.6 Å².